The number of amides is 1. The molecule has 0 aliphatic heterocycles. The fourth-order valence-corrected chi connectivity index (χ4v) is 3.23. The van der Waals surface area contributed by atoms with E-state index in [1.807, 2.05) is 90.7 Å². The van der Waals surface area contributed by atoms with Gasteiger partial charge in [-0.2, -0.15) is 5.10 Å². The van der Waals surface area contributed by atoms with E-state index >= 15 is 0 Å². The highest BCUT2D eigenvalue weighted by Gasteiger charge is 2.16. The molecule has 1 amide bonds. The largest absolute Gasteiger partial charge is 0.444 e. The summed E-state index contributed by atoms with van der Waals surface area (Å²) >= 11 is 0. The van der Waals surface area contributed by atoms with E-state index < -0.39 is 11.7 Å². The number of carbonyl (C=O) groups excluding carboxylic acids is 1. The number of nitrogens with zero attached hydrogens (tertiary/aromatic N) is 3. The maximum absolute atomic E-state index is 11.9. The van der Waals surface area contributed by atoms with E-state index in [-0.39, 0.29) is 0 Å². The van der Waals surface area contributed by atoms with Crippen LogP contribution in [0.2, 0.25) is 0 Å². The first-order chi connectivity index (χ1) is 15.0. The first-order valence-electron chi connectivity index (χ1n) is 10.9. The molecular formula is C26H36N4O2. The number of aliphatic imine (C=N–C) groups is 1. The number of hydrogen-bond donors (Lipinski definition) is 1. The van der Waals surface area contributed by atoms with Crippen LogP contribution in [0.25, 0.3) is 0 Å². The highest BCUT2D eigenvalue weighted by molar-refractivity contribution is 6.09. The van der Waals surface area contributed by atoms with Crippen molar-refractivity contribution in [1.82, 2.24) is 15.1 Å². The Morgan fingerprint density at radius 2 is 1.97 bits per heavy atom. The van der Waals surface area contributed by atoms with Gasteiger partial charge in [0.05, 0.1) is 11.4 Å². The predicted octanol–water partition coefficient (Wildman–Crippen LogP) is 5.57. The second kappa shape index (κ2) is 10.9. The molecule has 172 valence electrons. The average molecular weight is 437 g/mol. The Hall–Kier alpha value is -3.15. The molecule has 1 heterocycles. The van der Waals surface area contributed by atoms with Crippen molar-refractivity contribution in [3.8, 4) is 0 Å². The first-order valence-corrected chi connectivity index (χ1v) is 10.9. The molecule has 0 aliphatic rings. The summed E-state index contributed by atoms with van der Waals surface area (Å²) in [5, 5.41) is 7.21. The third kappa shape index (κ3) is 7.84. The van der Waals surface area contributed by atoms with Gasteiger partial charge >= 0.3 is 6.09 Å². The van der Waals surface area contributed by atoms with E-state index in [0.29, 0.717) is 6.54 Å². The van der Waals surface area contributed by atoms with Crippen LogP contribution in [0.4, 0.5) is 4.79 Å². The van der Waals surface area contributed by atoms with Gasteiger partial charge in [0.1, 0.15) is 5.60 Å². The van der Waals surface area contributed by atoms with Crippen molar-refractivity contribution in [2.45, 2.75) is 67.0 Å². The number of benzene rings is 1. The molecule has 0 bridgehead atoms. The van der Waals surface area contributed by atoms with Gasteiger partial charge < -0.3 is 10.1 Å². The van der Waals surface area contributed by atoms with Crippen LogP contribution in [0.1, 0.15) is 62.6 Å². The highest BCUT2D eigenvalue weighted by Crippen LogP contribution is 2.15. The fraction of sp³-hybridized carbons (Fsp3) is 0.423. The third-order valence-electron chi connectivity index (χ3n) is 4.81. The minimum Gasteiger partial charge on any atom is -0.444 e. The van der Waals surface area contributed by atoms with Gasteiger partial charge in [-0.15, -0.1) is 0 Å². The molecule has 1 aromatic carbocycles. The van der Waals surface area contributed by atoms with Crippen molar-refractivity contribution >= 4 is 11.8 Å². The van der Waals surface area contributed by atoms with Gasteiger partial charge in [0.25, 0.3) is 0 Å². The quantitative estimate of drug-likeness (QED) is 0.577. The van der Waals surface area contributed by atoms with E-state index in [1.165, 1.54) is 5.56 Å². The summed E-state index contributed by atoms with van der Waals surface area (Å²) in [7, 11) is 1.93. The molecule has 0 radical (unpaired) electrons. The van der Waals surface area contributed by atoms with Crippen LogP contribution in [0.3, 0.4) is 0 Å². The number of aromatic nitrogens is 2. The van der Waals surface area contributed by atoms with Crippen LogP contribution >= 0.6 is 0 Å². The van der Waals surface area contributed by atoms with E-state index in [1.54, 1.807) is 0 Å². The zero-order chi connectivity index (χ0) is 23.9. The number of alkyl carbamates (subject to hydrolysis) is 1. The molecule has 6 nitrogen and oxygen atoms in total. The molecule has 1 N–H and O–H groups in total. The molecule has 2 aromatic rings. The number of rotatable bonds is 7. The van der Waals surface area contributed by atoms with Crippen molar-refractivity contribution in [1.29, 1.82) is 0 Å². The van der Waals surface area contributed by atoms with Crippen LogP contribution in [0.5, 0.6) is 0 Å². The van der Waals surface area contributed by atoms with E-state index in [2.05, 4.69) is 22.6 Å². The molecule has 0 spiro atoms. The highest BCUT2D eigenvalue weighted by atomic mass is 16.6. The molecule has 0 fully saturated rings. The molecule has 0 saturated heterocycles. The monoisotopic (exact) mass is 436 g/mol. The third-order valence-corrected chi connectivity index (χ3v) is 4.81. The van der Waals surface area contributed by atoms with Crippen LogP contribution < -0.4 is 5.32 Å². The van der Waals surface area contributed by atoms with Crippen molar-refractivity contribution in [3.63, 3.8) is 0 Å². The normalized spacial score (nSPS) is 13.0. The van der Waals surface area contributed by atoms with Crippen LogP contribution in [0, 0.1) is 13.8 Å². The lowest BCUT2D eigenvalue weighted by Gasteiger charge is -2.20. The molecular weight excluding hydrogens is 400 g/mol. The van der Waals surface area contributed by atoms with Gasteiger partial charge in [0.15, 0.2) is 0 Å². The minimum atomic E-state index is -0.512. The lowest BCUT2D eigenvalue weighted by atomic mass is 10.0. The number of aryl methyl sites for hydroxylation is 3. The Labute approximate surface area is 192 Å². The minimum absolute atomic E-state index is 0.415. The van der Waals surface area contributed by atoms with E-state index in [9.17, 15) is 4.79 Å². The standard InChI is InChI=1S/C26H36N4O2/c1-9-10-24(28-19(3)11-12-23-17-30(8)29-20(23)4)21-13-14-22(18(2)15-21)16-27-25(31)32-26(5,6)7/h9-11,13-15,17H,12,16H2,1-8H3,(H,27,31)/b10-9-,19-11-,28-24+. The number of allylic oxidation sites excluding steroid dienone is 4. The molecule has 32 heavy (non-hydrogen) atoms. The number of hydrogen-bond acceptors (Lipinski definition) is 4. The number of nitrogens with one attached hydrogen (secondary N) is 1. The predicted molar refractivity (Wildman–Crippen MR) is 131 cm³/mol. The second-order valence-corrected chi connectivity index (χ2v) is 8.96. The summed E-state index contributed by atoms with van der Waals surface area (Å²) in [6, 6.07) is 6.17. The van der Waals surface area contributed by atoms with Gasteiger partial charge in [0, 0.05) is 31.0 Å². The van der Waals surface area contributed by atoms with Crippen LogP contribution in [-0.4, -0.2) is 27.2 Å². The van der Waals surface area contributed by atoms with E-state index in [4.69, 9.17) is 9.73 Å². The maximum atomic E-state index is 11.9. The van der Waals surface area contributed by atoms with Crippen molar-refractivity contribution in [3.05, 3.63) is 76.3 Å². The summed E-state index contributed by atoms with van der Waals surface area (Å²) in [5.74, 6) is 0. The molecule has 0 aliphatic carbocycles. The van der Waals surface area contributed by atoms with Gasteiger partial charge in [-0.3, -0.25) is 9.67 Å². The van der Waals surface area contributed by atoms with Crippen molar-refractivity contribution < 1.29 is 9.53 Å². The fourth-order valence-electron chi connectivity index (χ4n) is 3.23. The van der Waals surface area contributed by atoms with Crippen LogP contribution in [-0.2, 0) is 24.8 Å². The topological polar surface area (TPSA) is 68.5 Å². The van der Waals surface area contributed by atoms with Gasteiger partial charge in [-0.1, -0.05) is 24.3 Å². The average Bonchev–Trinajstić information content (AvgIpc) is 3.00. The molecule has 1 aromatic heterocycles. The second-order valence-electron chi connectivity index (χ2n) is 8.96. The van der Waals surface area contributed by atoms with Crippen molar-refractivity contribution in [2.75, 3.05) is 0 Å². The summed E-state index contributed by atoms with van der Waals surface area (Å²) in [4.78, 5) is 16.8. The molecule has 0 unspecified atom stereocenters. The SMILES string of the molecule is C\C=C/C(=N\C(C)=C/Cc1cn(C)nc1C)c1ccc(CNC(=O)OC(C)(C)C)c(C)c1. The molecule has 0 atom stereocenters. The van der Waals surface area contributed by atoms with Gasteiger partial charge in [0.2, 0.25) is 0 Å². The zero-order valence-corrected chi connectivity index (χ0v) is 20.6. The Bertz CT molecular complexity index is 1040. The number of ether oxygens (including phenoxy) is 1. The lowest BCUT2D eigenvalue weighted by Crippen LogP contribution is -2.32. The Kier molecular flexibility index (Phi) is 8.58. The summed E-state index contributed by atoms with van der Waals surface area (Å²) < 4.78 is 7.15. The Morgan fingerprint density at radius 3 is 2.53 bits per heavy atom. The van der Waals surface area contributed by atoms with Gasteiger partial charge in [-0.25, -0.2) is 4.79 Å². The Balaban J connectivity index is 2.15. The molecule has 6 heteroatoms. The van der Waals surface area contributed by atoms with Crippen LogP contribution in [0.15, 0.2) is 53.3 Å². The smallest absolute Gasteiger partial charge is 0.407 e. The first kappa shape index (κ1) is 25.1. The summed E-state index contributed by atoms with van der Waals surface area (Å²) in [5.41, 5.74) is 6.75. The number of carbonyl (C=O) groups is 1. The van der Waals surface area contributed by atoms with E-state index in [0.717, 1.165) is 40.2 Å². The summed E-state index contributed by atoms with van der Waals surface area (Å²) in [6.45, 7) is 14.0. The van der Waals surface area contributed by atoms with Gasteiger partial charge in [-0.05, 0) is 83.7 Å². The summed E-state index contributed by atoms with van der Waals surface area (Å²) in [6.07, 6.45) is 8.56. The zero-order valence-electron chi connectivity index (χ0n) is 20.6. The lowest BCUT2D eigenvalue weighted by molar-refractivity contribution is 0.0523. The molecule has 0 saturated carbocycles. The maximum Gasteiger partial charge on any atom is 0.407 e. The van der Waals surface area contributed by atoms with Crippen molar-refractivity contribution in [2.24, 2.45) is 12.0 Å². The Morgan fingerprint density at radius 1 is 1.25 bits per heavy atom. The molecule has 2 rings (SSSR count).